The van der Waals surface area contributed by atoms with E-state index in [0.29, 0.717) is 6.61 Å². The molecule has 0 spiro atoms. The van der Waals surface area contributed by atoms with Gasteiger partial charge in [0.2, 0.25) is 0 Å². The van der Waals surface area contributed by atoms with Crippen LogP contribution in [0.25, 0.3) is 0 Å². The fourth-order valence-electron chi connectivity index (χ4n) is 4.80. The van der Waals surface area contributed by atoms with E-state index < -0.39 is 11.7 Å². The van der Waals surface area contributed by atoms with Gasteiger partial charge >= 0.3 is 6.18 Å². The van der Waals surface area contributed by atoms with E-state index in [9.17, 15) is 13.2 Å². The highest BCUT2D eigenvalue weighted by Gasteiger charge is 2.44. The van der Waals surface area contributed by atoms with E-state index in [4.69, 9.17) is 4.74 Å². The maximum absolute atomic E-state index is 13.3. The van der Waals surface area contributed by atoms with Gasteiger partial charge in [-0.1, -0.05) is 18.2 Å². The molecular formula is C21H33F3N2O+2. The fraction of sp³-hybridized carbons (Fsp3) is 0.714. The molecule has 3 nitrogen and oxygen atoms in total. The molecule has 1 atom stereocenters. The monoisotopic (exact) mass is 386 g/mol. The predicted molar refractivity (Wildman–Crippen MR) is 99.2 cm³/mol. The summed E-state index contributed by atoms with van der Waals surface area (Å²) in [4.78, 5) is 3.15. The topological polar surface area (TPSA) is 18.1 Å². The molecule has 2 saturated heterocycles. The van der Waals surface area contributed by atoms with Crippen LogP contribution >= 0.6 is 0 Å². The maximum atomic E-state index is 13.3. The molecule has 3 rings (SSSR count). The summed E-state index contributed by atoms with van der Waals surface area (Å²) in [6.45, 7) is 10.3. The summed E-state index contributed by atoms with van der Waals surface area (Å²) >= 11 is 0. The number of quaternary nitrogens is 2. The zero-order valence-corrected chi connectivity index (χ0v) is 16.7. The zero-order valence-electron chi connectivity index (χ0n) is 16.7. The second kappa shape index (κ2) is 7.72. The number of alkyl halides is 3. The van der Waals surface area contributed by atoms with E-state index in [1.165, 1.54) is 25.2 Å². The van der Waals surface area contributed by atoms with E-state index >= 15 is 0 Å². The number of rotatable bonds is 4. The number of hydrogen-bond donors (Lipinski definition) is 2. The summed E-state index contributed by atoms with van der Waals surface area (Å²) in [6, 6.07) is 6.01. The molecule has 27 heavy (non-hydrogen) atoms. The van der Waals surface area contributed by atoms with Gasteiger partial charge in [0.1, 0.15) is 26.2 Å². The van der Waals surface area contributed by atoms with Gasteiger partial charge in [0, 0.05) is 18.4 Å². The molecule has 0 bridgehead atoms. The molecule has 2 aliphatic heterocycles. The predicted octanol–water partition coefficient (Wildman–Crippen LogP) is 1.34. The molecule has 6 heteroatoms. The van der Waals surface area contributed by atoms with E-state index in [0.717, 1.165) is 44.5 Å². The molecule has 0 amide bonds. The average Bonchev–Trinajstić information content (AvgIpc) is 2.60. The quantitative estimate of drug-likeness (QED) is 0.799. The number of benzene rings is 1. The Hall–Kier alpha value is -1.11. The van der Waals surface area contributed by atoms with Crippen molar-refractivity contribution in [3.05, 3.63) is 35.4 Å². The number of likely N-dealkylation sites (N-methyl/N-ethyl adjacent to an activating group) is 1. The van der Waals surface area contributed by atoms with Crippen molar-refractivity contribution >= 4 is 0 Å². The molecule has 2 fully saturated rings. The van der Waals surface area contributed by atoms with Crippen molar-refractivity contribution < 1.29 is 27.7 Å². The lowest BCUT2D eigenvalue weighted by Crippen LogP contribution is -3.27. The summed E-state index contributed by atoms with van der Waals surface area (Å²) in [7, 11) is 2.22. The highest BCUT2D eigenvalue weighted by Crippen LogP contribution is 2.44. The van der Waals surface area contributed by atoms with Gasteiger partial charge in [-0.15, -0.1) is 0 Å². The molecule has 1 aromatic rings. The summed E-state index contributed by atoms with van der Waals surface area (Å²) in [6.07, 6.45) is -1.84. The lowest BCUT2D eigenvalue weighted by atomic mass is 9.67. The highest BCUT2D eigenvalue weighted by molar-refractivity contribution is 5.33. The normalized spacial score (nSPS) is 31.6. The molecule has 0 aliphatic carbocycles. The van der Waals surface area contributed by atoms with E-state index in [2.05, 4.69) is 20.9 Å². The van der Waals surface area contributed by atoms with Crippen LogP contribution in [0.4, 0.5) is 13.2 Å². The van der Waals surface area contributed by atoms with Crippen molar-refractivity contribution in [3.63, 3.8) is 0 Å². The Kier molecular flexibility index (Phi) is 5.90. The molecule has 0 saturated carbocycles. The molecule has 0 unspecified atom stereocenters. The Labute approximate surface area is 160 Å². The number of nitrogens with one attached hydrogen (secondary N) is 2. The molecule has 152 valence electrons. The summed E-state index contributed by atoms with van der Waals surface area (Å²) in [5.74, 6) is 0. The molecule has 2 aliphatic rings. The van der Waals surface area contributed by atoms with Crippen LogP contribution in [0.2, 0.25) is 0 Å². The van der Waals surface area contributed by atoms with Crippen LogP contribution in [0.1, 0.15) is 44.2 Å². The Bertz CT molecular complexity index is 639. The van der Waals surface area contributed by atoms with Gasteiger partial charge in [0.25, 0.3) is 0 Å². The lowest BCUT2D eigenvalue weighted by Gasteiger charge is -2.46. The highest BCUT2D eigenvalue weighted by atomic mass is 19.4. The second-order valence-corrected chi connectivity index (χ2v) is 9.10. The van der Waals surface area contributed by atoms with E-state index in [1.807, 2.05) is 6.07 Å². The third-order valence-electron chi connectivity index (χ3n) is 6.41. The third kappa shape index (κ3) is 5.04. The smallest absolute Gasteiger partial charge is 0.376 e. The van der Waals surface area contributed by atoms with Crippen LogP contribution in [-0.4, -0.2) is 52.0 Å². The summed E-state index contributed by atoms with van der Waals surface area (Å²) in [5.41, 5.74) is -0.271. The average molecular weight is 387 g/mol. The van der Waals surface area contributed by atoms with Crippen LogP contribution in [0, 0.1) is 0 Å². The Balaban J connectivity index is 1.85. The summed E-state index contributed by atoms with van der Waals surface area (Å²) in [5, 5.41) is 0. The van der Waals surface area contributed by atoms with Crippen molar-refractivity contribution in [1.29, 1.82) is 0 Å². The maximum Gasteiger partial charge on any atom is 0.416 e. The van der Waals surface area contributed by atoms with Crippen LogP contribution < -0.4 is 9.80 Å². The SMILES string of the molecule is C[NH+]1CC[NH+](CC[C@@]2(c3cccc(C(F)(F)F)c3)CCOC(C)(C)C2)CC1. The number of piperazine rings is 1. The molecule has 1 aromatic carbocycles. The fourth-order valence-corrected chi connectivity index (χ4v) is 4.80. The lowest BCUT2D eigenvalue weighted by molar-refractivity contribution is -1.00. The minimum atomic E-state index is -4.30. The van der Waals surface area contributed by atoms with Crippen molar-refractivity contribution in [3.8, 4) is 0 Å². The summed E-state index contributed by atoms with van der Waals surface area (Å²) < 4.78 is 45.8. The van der Waals surface area contributed by atoms with Gasteiger partial charge in [0.15, 0.2) is 0 Å². The Morgan fingerprint density at radius 1 is 1.11 bits per heavy atom. The Morgan fingerprint density at radius 3 is 2.44 bits per heavy atom. The number of ether oxygens (including phenoxy) is 1. The van der Waals surface area contributed by atoms with Crippen LogP contribution in [0.3, 0.4) is 0 Å². The standard InChI is InChI=1S/C21H31F3N2O/c1-19(2)16-20(8-14-27-19,7-9-26-12-10-25(3)11-13-26)17-5-4-6-18(15-17)21(22,23)24/h4-6,15H,7-14,16H2,1-3H3/p+2/t20-/m1/s1. The van der Waals surface area contributed by atoms with Gasteiger partial charge in [-0.2, -0.15) is 13.2 Å². The van der Waals surface area contributed by atoms with Gasteiger partial charge in [-0.05, 0) is 38.3 Å². The van der Waals surface area contributed by atoms with Gasteiger partial charge in [-0.25, -0.2) is 0 Å². The Morgan fingerprint density at radius 2 is 1.81 bits per heavy atom. The van der Waals surface area contributed by atoms with E-state index in [-0.39, 0.29) is 11.0 Å². The van der Waals surface area contributed by atoms with Crippen molar-refractivity contribution in [1.82, 2.24) is 0 Å². The molecule has 2 N–H and O–H groups in total. The largest absolute Gasteiger partial charge is 0.416 e. The molecular weight excluding hydrogens is 353 g/mol. The van der Waals surface area contributed by atoms with Crippen molar-refractivity contribution in [2.45, 2.75) is 50.3 Å². The van der Waals surface area contributed by atoms with Crippen LogP contribution in [0.5, 0.6) is 0 Å². The number of hydrogen-bond acceptors (Lipinski definition) is 1. The minimum absolute atomic E-state index is 0.244. The minimum Gasteiger partial charge on any atom is -0.376 e. The van der Waals surface area contributed by atoms with Gasteiger partial charge in [-0.3, -0.25) is 0 Å². The zero-order chi connectivity index (χ0) is 19.7. The van der Waals surface area contributed by atoms with Crippen molar-refractivity contribution in [2.24, 2.45) is 0 Å². The first-order valence-corrected chi connectivity index (χ1v) is 10.1. The third-order valence-corrected chi connectivity index (χ3v) is 6.41. The van der Waals surface area contributed by atoms with E-state index in [1.54, 1.807) is 15.9 Å². The van der Waals surface area contributed by atoms with Gasteiger partial charge < -0.3 is 14.5 Å². The first-order valence-electron chi connectivity index (χ1n) is 10.1. The molecule has 0 aromatic heterocycles. The van der Waals surface area contributed by atoms with Crippen molar-refractivity contribution in [2.75, 3.05) is 46.4 Å². The molecule has 0 radical (unpaired) electrons. The van der Waals surface area contributed by atoms with Crippen LogP contribution in [-0.2, 0) is 16.3 Å². The molecule has 2 heterocycles. The first kappa shape index (κ1) is 20.6. The van der Waals surface area contributed by atoms with Crippen LogP contribution in [0.15, 0.2) is 24.3 Å². The number of halogens is 3. The first-order chi connectivity index (χ1) is 12.6. The second-order valence-electron chi connectivity index (χ2n) is 9.10. The van der Waals surface area contributed by atoms with Gasteiger partial charge in [0.05, 0.1) is 24.8 Å².